The van der Waals surface area contributed by atoms with E-state index in [1.54, 1.807) is 13.0 Å². The fourth-order valence-corrected chi connectivity index (χ4v) is 3.25. The summed E-state index contributed by atoms with van der Waals surface area (Å²) in [6.07, 6.45) is 1.44. The molecule has 0 fully saturated rings. The number of amides is 1. The van der Waals surface area contributed by atoms with Gasteiger partial charge in [-0.1, -0.05) is 37.3 Å². The standard InChI is InChI=1S/C23H25NO5/c1-3-16(17-7-5-4-6-8-17)13-24-23(27)15(2)29-22(26)11-18-14-28-21-12-19(25)9-10-20(18)21/h4-10,12,14-16,25H,3,11,13H2,1-2H3,(H,24,27)/t15-,16-/m0/s1. The van der Waals surface area contributed by atoms with Crippen LogP contribution in [0, 0.1) is 0 Å². The van der Waals surface area contributed by atoms with E-state index >= 15 is 0 Å². The molecule has 6 heteroatoms. The van der Waals surface area contributed by atoms with Crippen molar-refractivity contribution in [1.29, 1.82) is 0 Å². The van der Waals surface area contributed by atoms with Crippen molar-refractivity contribution in [1.82, 2.24) is 5.32 Å². The van der Waals surface area contributed by atoms with Gasteiger partial charge in [0.2, 0.25) is 0 Å². The Morgan fingerprint density at radius 3 is 2.66 bits per heavy atom. The molecule has 1 amide bonds. The number of phenols is 1. The molecular weight excluding hydrogens is 370 g/mol. The second kappa shape index (κ2) is 9.28. The van der Waals surface area contributed by atoms with E-state index in [9.17, 15) is 14.7 Å². The van der Waals surface area contributed by atoms with Crippen LogP contribution in [0.5, 0.6) is 5.75 Å². The van der Waals surface area contributed by atoms with E-state index in [0.29, 0.717) is 17.7 Å². The van der Waals surface area contributed by atoms with Crippen LogP contribution in [0.2, 0.25) is 0 Å². The molecule has 3 rings (SSSR count). The second-order valence-electron chi connectivity index (χ2n) is 7.01. The lowest BCUT2D eigenvalue weighted by molar-refractivity contribution is -0.154. The van der Waals surface area contributed by atoms with Crippen molar-refractivity contribution < 1.29 is 23.8 Å². The fourth-order valence-electron chi connectivity index (χ4n) is 3.25. The van der Waals surface area contributed by atoms with Crippen LogP contribution >= 0.6 is 0 Å². The lowest BCUT2D eigenvalue weighted by Crippen LogP contribution is -2.38. The number of fused-ring (bicyclic) bond motifs is 1. The molecule has 0 aliphatic heterocycles. The zero-order chi connectivity index (χ0) is 20.8. The molecule has 1 aromatic heterocycles. The van der Waals surface area contributed by atoms with Crippen LogP contribution in [-0.4, -0.2) is 29.6 Å². The number of benzene rings is 2. The topological polar surface area (TPSA) is 88.8 Å². The van der Waals surface area contributed by atoms with E-state index in [4.69, 9.17) is 9.15 Å². The summed E-state index contributed by atoms with van der Waals surface area (Å²) in [6, 6.07) is 14.7. The summed E-state index contributed by atoms with van der Waals surface area (Å²) in [7, 11) is 0. The van der Waals surface area contributed by atoms with Crippen LogP contribution in [-0.2, 0) is 20.7 Å². The predicted octanol–water partition coefficient (Wildman–Crippen LogP) is 3.92. The summed E-state index contributed by atoms with van der Waals surface area (Å²) in [5.41, 5.74) is 2.30. The number of ether oxygens (including phenoxy) is 1. The minimum atomic E-state index is -0.891. The van der Waals surface area contributed by atoms with Gasteiger partial charge in [0.1, 0.15) is 11.3 Å². The molecule has 6 nitrogen and oxygen atoms in total. The summed E-state index contributed by atoms with van der Waals surface area (Å²) >= 11 is 0. The third-order valence-corrected chi connectivity index (χ3v) is 4.94. The molecule has 0 unspecified atom stereocenters. The van der Waals surface area contributed by atoms with Gasteiger partial charge in [0.05, 0.1) is 12.7 Å². The van der Waals surface area contributed by atoms with Gasteiger partial charge in [-0.15, -0.1) is 0 Å². The molecule has 0 spiro atoms. The van der Waals surface area contributed by atoms with Crippen LogP contribution in [0.15, 0.2) is 59.2 Å². The number of hydrogen-bond acceptors (Lipinski definition) is 5. The Morgan fingerprint density at radius 2 is 1.93 bits per heavy atom. The van der Waals surface area contributed by atoms with Gasteiger partial charge in [0, 0.05) is 29.5 Å². The third kappa shape index (κ3) is 5.16. The number of carbonyl (C=O) groups is 2. The maximum absolute atomic E-state index is 12.3. The number of furan rings is 1. The zero-order valence-electron chi connectivity index (χ0n) is 16.6. The van der Waals surface area contributed by atoms with Crippen molar-refractivity contribution >= 4 is 22.8 Å². The SMILES string of the molecule is CC[C@@H](CNC(=O)[C@H](C)OC(=O)Cc1coc2cc(O)ccc12)c1ccccc1. The molecule has 0 aliphatic rings. The number of hydrogen-bond donors (Lipinski definition) is 2. The van der Waals surface area contributed by atoms with Gasteiger partial charge in [-0.05, 0) is 31.0 Å². The Morgan fingerprint density at radius 1 is 1.17 bits per heavy atom. The number of rotatable bonds is 8. The fraction of sp³-hybridized carbons (Fsp3) is 0.304. The summed E-state index contributed by atoms with van der Waals surface area (Å²) in [6.45, 7) is 4.11. The summed E-state index contributed by atoms with van der Waals surface area (Å²) in [5, 5.41) is 13.1. The first-order chi connectivity index (χ1) is 14.0. The van der Waals surface area contributed by atoms with E-state index in [1.165, 1.54) is 18.4 Å². The summed E-state index contributed by atoms with van der Waals surface area (Å²) < 4.78 is 10.6. The highest BCUT2D eigenvalue weighted by atomic mass is 16.5. The molecule has 2 N–H and O–H groups in total. The predicted molar refractivity (Wildman–Crippen MR) is 110 cm³/mol. The number of aromatic hydroxyl groups is 1. The van der Waals surface area contributed by atoms with Crippen LogP contribution in [0.25, 0.3) is 11.0 Å². The molecule has 29 heavy (non-hydrogen) atoms. The van der Waals surface area contributed by atoms with Crippen LogP contribution in [0.3, 0.4) is 0 Å². The van der Waals surface area contributed by atoms with Crippen molar-refractivity contribution in [2.75, 3.05) is 6.54 Å². The Bertz CT molecular complexity index is 979. The van der Waals surface area contributed by atoms with Gasteiger partial charge in [-0.3, -0.25) is 9.59 Å². The summed E-state index contributed by atoms with van der Waals surface area (Å²) in [4.78, 5) is 24.6. The number of nitrogens with one attached hydrogen (secondary N) is 1. The molecule has 0 saturated heterocycles. The van der Waals surface area contributed by atoms with Crippen LogP contribution < -0.4 is 5.32 Å². The maximum atomic E-state index is 12.3. The average Bonchev–Trinajstić information content (AvgIpc) is 3.10. The molecule has 0 radical (unpaired) electrons. The molecular formula is C23H25NO5. The van der Waals surface area contributed by atoms with E-state index in [0.717, 1.165) is 17.4 Å². The Balaban J connectivity index is 1.52. The lowest BCUT2D eigenvalue weighted by atomic mass is 9.96. The van der Waals surface area contributed by atoms with E-state index < -0.39 is 12.1 Å². The molecule has 152 valence electrons. The molecule has 0 saturated carbocycles. The molecule has 2 atom stereocenters. The quantitative estimate of drug-likeness (QED) is 0.564. The largest absolute Gasteiger partial charge is 0.508 e. The van der Waals surface area contributed by atoms with Crippen LogP contribution in [0.4, 0.5) is 0 Å². The highest BCUT2D eigenvalue weighted by Crippen LogP contribution is 2.25. The molecule has 2 aromatic carbocycles. The number of carbonyl (C=O) groups excluding carboxylic acids is 2. The Hall–Kier alpha value is -3.28. The minimum Gasteiger partial charge on any atom is -0.508 e. The highest BCUT2D eigenvalue weighted by Gasteiger charge is 2.20. The molecule has 3 aromatic rings. The van der Waals surface area contributed by atoms with Gasteiger partial charge in [0.15, 0.2) is 6.10 Å². The van der Waals surface area contributed by atoms with Crippen molar-refractivity contribution in [3.63, 3.8) is 0 Å². The van der Waals surface area contributed by atoms with Gasteiger partial charge in [0.25, 0.3) is 5.91 Å². The Labute approximate surface area is 169 Å². The Kier molecular flexibility index (Phi) is 6.54. The molecule has 0 bridgehead atoms. The van der Waals surface area contributed by atoms with Crippen LogP contribution in [0.1, 0.15) is 37.3 Å². The third-order valence-electron chi connectivity index (χ3n) is 4.94. The second-order valence-corrected chi connectivity index (χ2v) is 7.01. The van der Waals surface area contributed by atoms with Gasteiger partial charge in [-0.25, -0.2) is 0 Å². The lowest BCUT2D eigenvalue weighted by Gasteiger charge is -2.18. The van der Waals surface area contributed by atoms with Gasteiger partial charge >= 0.3 is 5.97 Å². The van der Waals surface area contributed by atoms with Crippen molar-refractivity contribution in [2.45, 2.75) is 38.7 Å². The normalized spacial score (nSPS) is 13.0. The van der Waals surface area contributed by atoms with Gasteiger partial charge in [-0.2, -0.15) is 0 Å². The number of phenolic OH excluding ortho intramolecular Hbond substituents is 1. The van der Waals surface area contributed by atoms with E-state index in [2.05, 4.69) is 12.2 Å². The van der Waals surface area contributed by atoms with Gasteiger partial charge < -0.3 is 19.6 Å². The van der Waals surface area contributed by atoms with E-state index in [1.807, 2.05) is 30.3 Å². The molecule has 1 heterocycles. The number of esters is 1. The first-order valence-corrected chi connectivity index (χ1v) is 9.69. The zero-order valence-corrected chi connectivity index (χ0v) is 16.6. The minimum absolute atomic E-state index is 0.0169. The first-order valence-electron chi connectivity index (χ1n) is 9.69. The highest BCUT2D eigenvalue weighted by molar-refractivity contribution is 5.88. The van der Waals surface area contributed by atoms with Crippen molar-refractivity contribution in [3.8, 4) is 5.75 Å². The average molecular weight is 395 g/mol. The maximum Gasteiger partial charge on any atom is 0.311 e. The van der Waals surface area contributed by atoms with E-state index in [-0.39, 0.29) is 24.0 Å². The van der Waals surface area contributed by atoms with Crippen molar-refractivity contribution in [2.24, 2.45) is 0 Å². The smallest absolute Gasteiger partial charge is 0.311 e. The van der Waals surface area contributed by atoms with Crippen molar-refractivity contribution in [3.05, 3.63) is 65.9 Å². The summed E-state index contributed by atoms with van der Waals surface area (Å²) in [5.74, 6) is -0.544. The molecule has 0 aliphatic carbocycles. The first kappa shape index (κ1) is 20.5. The monoisotopic (exact) mass is 395 g/mol.